The van der Waals surface area contributed by atoms with Gasteiger partial charge in [-0.2, -0.15) is 0 Å². The Labute approximate surface area is 224 Å². The minimum absolute atomic E-state index is 0.105. The highest BCUT2D eigenvalue weighted by atomic mass is 16.7. The van der Waals surface area contributed by atoms with Gasteiger partial charge in [-0.3, -0.25) is 24.1 Å². The molecule has 0 radical (unpaired) electrons. The van der Waals surface area contributed by atoms with Crippen molar-refractivity contribution in [3.8, 4) is 0 Å². The summed E-state index contributed by atoms with van der Waals surface area (Å²) in [7, 11) is 3.41. The van der Waals surface area contributed by atoms with Crippen LogP contribution in [0.1, 0.15) is 72.1 Å². The molecule has 9 heteroatoms. The summed E-state index contributed by atoms with van der Waals surface area (Å²) >= 11 is 0. The van der Waals surface area contributed by atoms with Gasteiger partial charge in [-0.1, -0.05) is 0 Å². The molecule has 1 aliphatic carbocycles. The second kappa shape index (κ2) is 11.6. The molecule has 3 fully saturated rings. The lowest BCUT2D eigenvalue weighted by Gasteiger charge is -2.38. The van der Waals surface area contributed by atoms with Crippen molar-refractivity contribution < 1.29 is 28.7 Å². The molecule has 0 spiro atoms. The number of amides is 2. The summed E-state index contributed by atoms with van der Waals surface area (Å²) in [5.74, 6) is 0.00675. The summed E-state index contributed by atoms with van der Waals surface area (Å²) in [6.07, 6.45) is 5.67. The number of piperidine rings is 2. The fourth-order valence-corrected chi connectivity index (χ4v) is 6.56. The van der Waals surface area contributed by atoms with Crippen molar-refractivity contribution in [2.24, 2.45) is 11.8 Å². The molecule has 1 atom stereocenters. The first-order valence-corrected chi connectivity index (χ1v) is 14.0. The molecule has 0 N–H and O–H groups in total. The standard InChI is InChI=1S/C29H39N3O6/c1-37-27(38-2)15-19-7-11-30(12-8-19)18-20-9-13-31(14-10-20)21-3-5-23-24(16-21)29(36)32(28(23)35)25-6-4-22(33)17-26(25)34/h3,5,16,19-20,25,27H,4,6-15,17-18H2,1-2H3. The van der Waals surface area contributed by atoms with Gasteiger partial charge in [0.25, 0.3) is 11.8 Å². The fourth-order valence-electron chi connectivity index (χ4n) is 6.56. The molecule has 1 saturated carbocycles. The zero-order chi connectivity index (χ0) is 26.8. The van der Waals surface area contributed by atoms with Crippen molar-refractivity contribution in [2.75, 3.05) is 51.8 Å². The smallest absolute Gasteiger partial charge is 0.262 e. The Morgan fingerprint density at radius 1 is 0.842 bits per heavy atom. The van der Waals surface area contributed by atoms with Crippen molar-refractivity contribution in [1.29, 1.82) is 0 Å². The molecule has 4 aliphatic rings. The molecule has 3 heterocycles. The Hall–Kier alpha value is -2.62. The Morgan fingerprint density at radius 3 is 2.16 bits per heavy atom. The second-order valence-electron chi connectivity index (χ2n) is 11.3. The number of imide groups is 1. The summed E-state index contributed by atoms with van der Waals surface area (Å²) in [6.45, 7) is 5.21. The van der Waals surface area contributed by atoms with Crippen LogP contribution >= 0.6 is 0 Å². The van der Waals surface area contributed by atoms with Crippen LogP contribution in [-0.4, -0.2) is 92.5 Å². The maximum absolute atomic E-state index is 13.2. The molecule has 206 valence electrons. The van der Waals surface area contributed by atoms with Crippen LogP contribution in [0, 0.1) is 11.8 Å². The Balaban J connectivity index is 1.13. The highest BCUT2D eigenvalue weighted by Crippen LogP contribution is 2.33. The lowest BCUT2D eigenvalue weighted by molar-refractivity contribution is -0.132. The monoisotopic (exact) mass is 525 g/mol. The number of rotatable bonds is 8. The van der Waals surface area contributed by atoms with Crippen molar-refractivity contribution in [3.05, 3.63) is 29.3 Å². The summed E-state index contributed by atoms with van der Waals surface area (Å²) < 4.78 is 10.7. The fraction of sp³-hybridized carbons (Fsp3) is 0.655. The second-order valence-corrected chi connectivity index (χ2v) is 11.3. The number of anilines is 1. The van der Waals surface area contributed by atoms with E-state index in [1.165, 1.54) is 12.8 Å². The summed E-state index contributed by atoms with van der Waals surface area (Å²) in [5.41, 5.74) is 1.66. The van der Waals surface area contributed by atoms with Gasteiger partial charge in [-0.25, -0.2) is 0 Å². The predicted molar refractivity (Wildman–Crippen MR) is 141 cm³/mol. The summed E-state index contributed by atoms with van der Waals surface area (Å²) in [6, 6.07) is 4.62. The lowest BCUT2D eigenvalue weighted by atomic mass is 9.91. The first-order chi connectivity index (χ1) is 18.4. The van der Waals surface area contributed by atoms with Crippen LogP contribution in [0.15, 0.2) is 18.2 Å². The van der Waals surface area contributed by atoms with Crippen LogP contribution in [0.3, 0.4) is 0 Å². The molecule has 2 saturated heterocycles. The number of Topliss-reactive ketones (excluding diaryl/α,β-unsaturated/α-hetero) is 2. The van der Waals surface area contributed by atoms with Gasteiger partial charge in [-0.05, 0) is 75.2 Å². The minimum atomic E-state index is -0.828. The highest BCUT2D eigenvalue weighted by Gasteiger charge is 2.44. The van der Waals surface area contributed by atoms with E-state index in [1.54, 1.807) is 20.3 Å². The van der Waals surface area contributed by atoms with Gasteiger partial charge in [-0.15, -0.1) is 0 Å². The summed E-state index contributed by atoms with van der Waals surface area (Å²) in [5, 5.41) is 0. The van der Waals surface area contributed by atoms with Crippen molar-refractivity contribution in [2.45, 2.75) is 63.7 Å². The van der Waals surface area contributed by atoms with Crippen LogP contribution in [0.5, 0.6) is 0 Å². The molecule has 3 aliphatic heterocycles. The molecule has 9 nitrogen and oxygen atoms in total. The van der Waals surface area contributed by atoms with Crippen molar-refractivity contribution >= 4 is 29.1 Å². The normalized spacial score (nSPS) is 24.1. The van der Waals surface area contributed by atoms with Gasteiger partial charge in [0, 0.05) is 52.4 Å². The van der Waals surface area contributed by atoms with Gasteiger partial charge >= 0.3 is 0 Å². The number of nitrogens with zero attached hydrogens (tertiary/aromatic N) is 3. The number of ether oxygens (including phenoxy) is 2. The first kappa shape index (κ1) is 27.0. The Kier molecular flexibility index (Phi) is 8.26. The van der Waals surface area contributed by atoms with Crippen LogP contribution in [0.25, 0.3) is 0 Å². The molecular formula is C29H39N3O6. The van der Waals surface area contributed by atoms with Crippen LogP contribution < -0.4 is 4.90 Å². The molecule has 1 unspecified atom stereocenters. The number of carbonyl (C=O) groups is 4. The number of ketones is 2. The maximum Gasteiger partial charge on any atom is 0.262 e. The number of hydrogen-bond donors (Lipinski definition) is 0. The Morgan fingerprint density at radius 2 is 1.50 bits per heavy atom. The van der Waals surface area contributed by atoms with Gasteiger partial charge in [0.15, 0.2) is 12.1 Å². The van der Waals surface area contributed by atoms with E-state index >= 15 is 0 Å². The first-order valence-electron chi connectivity index (χ1n) is 14.0. The number of methoxy groups -OCH3 is 2. The van der Waals surface area contributed by atoms with E-state index < -0.39 is 17.9 Å². The molecule has 2 amide bonds. The zero-order valence-corrected chi connectivity index (χ0v) is 22.5. The topological polar surface area (TPSA) is 96.5 Å². The van der Waals surface area contributed by atoms with Crippen LogP contribution in [-0.2, 0) is 19.1 Å². The van der Waals surface area contributed by atoms with E-state index in [2.05, 4.69) is 9.80 Å². The molecule has 5 rings (SSSR count). The Bertz CT molecular complexity index is 1070. The van der Waals surface area contributed by atoms with Crippen LogP contribution in [0.4, 0.5) is 5.69 Å². The SMILES string of the molecule is COC(CC1CCN(CC2CCN(c3ccc4c(c3)C(=O)N(C3CCC(=O)CC3=O)C4=O)CC2)CC1)OC. The van der Waals surface area contributed by atoms with Crippen molar-refractivity contribution in [3.63, 3.8) is 0 Å². The van der Waals surface area contributed by atoms with Crippen molar-refractivity contribution in [1.82, 2.24) is 9.80 Å². The van der Waals surface area contributed by atoms with Crippen LogP contribution in [0.2, 0.25) is 0 Å². The van der Waals surface area contributed by atoms with E-state index in [0.29, 0.717) is 23.0 Å². The molecular weight excluding hydrogens is 486 g/mol. The van der Waals surface area contributed by atoms with Gasteiger partial charge in [0.1, 0.15) is 5.78 Å². The number of likely N-dealkylation sites (tertiary alicyclic amines) is 1. The molecule has 0 aromatic heterocycles. The quantitative estimate of drug-likeness (QED) is 0.290. The van der Waals surface area contributed by atoms with Gasteiger partial charge in [0.2, 0.25) is 0 Å². The average Bonchev–Trinajstić information content (AvgIpc) is 3.17. The molecule has 1 aromatic rings. The third-order valence-corrected chi connectivity index (χ3v) is 8.91. The summed E-state index contributed by atoms with van der Waals surface area (Å²) in [4.78, 5) is 56.2. The number of carbonyl (C=O) groups excluding carboxylic acids is 4. The van der Waals surface area contributed by atoms with E-state index in [4.69, 9.17) is 9.47 Å². The maximum atomic E-state index is 13.2. The molecule has 38 heavy (non-hydrogen) atoms. The number of hydrogen-bond acceptors (Lipinski definition) is 8. The zero-order valence-electron chi connectivity index (χ0n) is 22.5. The van der Waals surface area contributed by atoms with E-state index in [9.17, 15) is 19.2 Å². The third-order valence-electron chi connectivity index (χ3n) is 8.91. The third kappa shape index (κ3) is 5.55. The van der Waals surface area contributed by atoms with Gasteiger partial charge in [0.05, 0.1) is 23.6 Å². The van der Waals surface area contributed by atoms with E-state index in [1.807, 2.05) is 12.1 Å². The minimum Gasteiger partial charge on any atom is -0.371 e. The molecule has 0 bridgehead atoms. The molecule has 1 aromatic carbocycles. The number of fused-ring (bicyclic) bond motifs is 1. The van der Waals surface area contributed by atoms with E-state index in [-0.39, 0.29) is 37.1 Å². The largest absolute Gasteiger partial charge is 0.371 e. The number of benzene rings is 1. The predicted octanol–water partition coefficient (Wildman–Crippen LogP) is 2.91. The lowest BCUT2D eigenvalue weighted by Crippen LogP contribution is -2.47. The average molecular weight is 526 g/mol. The highest BCUT2D eigenvalue weighted by molar-refractivity contribution is 6.24. The van der Waals surface area contributed by atoms with Gasteiger partial charge < -0.3 is 19.3 Å². The van der Waals surface area contributed by atoms with E-state index in [0.717, 1.165) is 62.6 Å².